The fourth-order valence-electron chi connectivity index (χ4n) is 7.24. The van der Waals surface area contributed by atoms with Gasteiger partial charge in [0.2, 0.25) is 11.8 Å². The Morgan fingerprint density at radius 2 is 1.76 bits per heavy atom. The first-order valence-electron chi connectivity index (χ1n) is 14.1. The van der Waals surface area contributed by atoms with Crippen molar-refractivity contribution in [1.82, 2.24) is 13.9 Å². The molecule has 1 saturated heterocycles. The molecule has 3 aromatic carbocycles. The van der Waals surface area contributed by atoms with Crippen LogP contribution in [0.2, 0.25) is 5.02 Å². The van der Waals surface area contributed by atoms with Crippen LogP contribution >= 0.6 is 34.2 Å². The van der Waals surface area contributed by atoms with E-state index in [1.165, 1.54) is 28.6 Å². The summed E-state index contributed by atoms with van der Waals surface area (Å²) in [5.41, 5.74) is -0.646. The fraction of sp³-hybridized carbons (Fsp3) is 0.250. The van der Waals surface area contributed by atoms with Crippen molar-refractivity contribution >= 4 is 51.7 Å². The number of aromatic hydroxyl groups is 1. The van der Waals surface area contributed by atoms with E-state index in [2.05, 4.69) is 0 Å². The molecule has 1 aromatic heterocycles. The number of nitrogens with zero attached hydrogens (tertiary/aromatic N) is 4. The van der Waals surface area contributed by atoms with Gasteiger partial charge in [-0.25, -0.2) is 32.8 Å². The van der Waals surface area contributed by atoms with Crippen molar-refractivity contribution in [3.63, 3.8) is 0 Å². The second-order valence-corrected chi connectivity index (χ2v) is 13.1. The fourth-order valence-corrected chi connectivity index (χ4v) is 8.04. The van der Waals surface area contributed by atoms with E-state index in [9.17, 15) is 28.7 Å². The highest BCUT2D eigenvalue weighted by molar-refractivity contribution is 14.1. The Kier molecular flexibility index (Phi) is 6.85. The largest absolute Gasteiger partial charge is 0.504 e. The summed E-state index contributed by atoms with van der Waals surface area (Å²) in [5.74, 6) is -3.32. The number of imide groups is 1. The van der Waals surface area contributed by atoms with Crippen molar-refractivity contribution in [3.8, 4) is 17.2 Å². The molecule has 1 aliphatic carbocycles. The lowest BCUT2D eigenvalue weighted by molar-refractivity contribution is -0.129. The summed E-state index contributed by atoms with van der Waals surface area (Å²) in [6.45, 7) is 1.78. The number of hydrogen-bond acceptors (Lipinski definition) is 6. The van der Waals surface area contributed by atoms with Crippen LogP contribution in [0.5, 0.6) is 11.5 Å². The van der Waals surface area contributed by atoms with Gasteiger partial charge in [0.25, 0.3) is 0 Å². The summed E-state index contributed by atoms with van der Waals surface area (Å²) in [7, 11) is 1.41. The lowest BCUT2D eigenvalue weighted by atomic mass is 9.56. The molecule has 2 amide bonds. The summed E-state index contributed by atoms with van der Waals surface area (Å²) < 4.78 is 23.8. The molecular formula is C32H25ClFIN4O6. The highest BCUT2D eigenvalue weighted by Crippen LogP contribution is 2.61. The van der Waals surface area contributed by atoms with Gasteiger partial charge >= 0.3 is 11.4 Å². The summed E-state index contributed by atoms with van der Waals surface area (Å²) in [5, 5.41) is 10.4. The third-order valence-electron chi connectivity index (χ3n) is 9.32. The van der Waals surface area contributed by atoms with Crippen LogP contribution in [0, 0.1) is 20.7 Å². The molecule has 3 aliphatic rings. The highest BCUT2D eigenvalue weighted by Gasteiger charge is 2.65. The Bertz CT molecular complexity index is 2090. The van der Waals surface area contributed by atoms with Crippen LogP contribution in [0.3, 0.4) is 0 Å². The van der Waals surface area contributed by atoms with E-state index >= 15 is 0 Å². The molecule has 7 rings (SSSR count). The van der Waals surface area contributed by atoms with Crippen LogP contribution in [0.25, 0.3) is 5.69 Å². The number of para-hydroxylation sites is 1. The molecule has 4 atom stereocenters. The van der Waals surface area contributed by atoms with Crippen molar-refractivity contribution in [2.75, 3.05) is 12.0 Å². The van der Waals surface area contributed by atoms with E-state index in [1.807, 2.05) is 28.7 Å². The molecule has 230 valence electrons. The van der Waals surface area contributed by atoms with Gasteiger partial charge in [0.05, 0.1) is 51.0 Å². The van der Waals surface area contributed by atoms with E-state index in [-0.39, 0.29) is 35.2 Å². The Hall–Kier alpha value is -4.17. The predicted molar refractivity (Wildman–Crippen MR) is 172 cm³/mol. The first kappa shape index (κ1) is 29.5. The molecule has 3 heterocycles. The second kappa shape index (κ2) is 10.4. The van der Waals surface area contributed by atoms with Gasteiger partial charge in [0.1, 0.15) is 5.82 Å². The third-order valence-corrected chi connectivity index (χ3v) is 10.4. The van der Waals surface area contributed by atoms with Crippen LogP contribution in [0.1, 0.15) is 30.9 Å². The highest BCUT2D eigenvalue weighted by atomic mass is 127. The van der Waals surface area contributed by atoms with E-state index < -0.39 is 52.3 Å². The molecular weight excluding hydrogens is 718 g/mol. The number of rotatable bonds is 4. The number of carbonyl (C=O) groups excluding carboxylic acids is 2. The van der Waals surface area contributed by atoms with Gasteiger partial charge in [-0.3, -0.25) is 9.59 Å². The summed E-state index contributed by atoms with van der Waals surface area (Å²) in [4.78, 5) is 57.4. The number of allylic oxidation sites excluding steroid dienone is 2. The monoisotopic (exact) mass is 742 g/mol. The van der Waals surface area contributed by atoms with Crippen molar-refractivity contribution < 1.29 is 23.8 Å². The first-order valence-corrected chi connectivity index (χ1v) is 15.5. The van der Waals surface area contributed by atoms with Crippen LogP contribution in [-0.2, 0) is 16.1 Å². The maximum absolute atomic E-state index is 14.5. The zero-order valence-corrected chi connectivity index (χ0v) is 26.8. The molecule has 13 heteroatoms. The number of phenols is 1. The SMILES string of the molecule is COc1cc([C@H]2C3=CCn4c(=O)n(-c5ccccc5)c(=O)n4[C@@H]3C[C@H]3C(=O)N(c4ccc(F)c(Cl)c4)C(=O)[C@@]23C)cc(I)c1O. The number of phenolic OH excluding ortho intramolecular Hbond substituents is 1. The Morgan fingerprint density at radius 1 is 1.02 bits per heavy atom. The smallest absolute Gasteiger partial charge is 0.352 e. The van der Waals surface area contributed by atoms with Gasteiger partial charge in [0.15, 0.2) is 11.5 Å². The lowest BCUT2D eigenvalue weighted by Gasteiger charge is -2.47. The second-order valence-electron chi connectivity index (χ2n) is 11.5. The first-order chi connectivity index (χ1) is 21.5. The number of anilines is 1. The molecule has 45 heavy (non-hydrogen) atoms. The minimum Gasteiger partial charge on any atom is -0.504 e. The topological polar surface area (TPSA) is 116 Å². The number of benzene rings is 3. The standard InChI is InChI=1S/C32H25ClFIN4O6/c1-32-20(28(41)37(29(32)42)18-8-9-22(34)21(33)14-18)15-24-19(26(32)16-12-23(35)27(40)25(13-16)45-2)10-11-36-30(43)38(31(44)39(24)36)17-6-4-3-5-7-17/h3-10,12-14,20,24,26,40H,11,15H2,1-2H3/t20-,24+,26-,32+/m0/s1. The molecule has 2 aliphatic heterocycles. The molecule has 4 aromatic rings. The van der Waals surface area contributed by atoms with Crippen molar-refractivity contribution in [1.29, 1.82) is 0 Å². The number of amides is 2. The lowest BCUT2D eigenvalue weighted by Crippen LogP contribution is -2.49. The number of ether oxygens (including phenoxy) is 1. The Labute approximate surface area is 274 Å². The quantitative estimate of drug-likeness (QED) is 0.183. The molecule has 1 N–H and O–H groups in total. The van der Waals surface area contributed by atoms with Gasteiger partial charge in [-0.05, 0) is 89.5 Å². The summed E-state index contributed by atoms with van der Waals surface area (Å²) >= 11 is 8.03. The van der Waals surface area contributed by atoms with E-state index in [4.69, 9.17) is 16.3 Å². The number of halogens is 3. The number of carbonyl (C=O) groups is 2. The molecule has 0 unspecified atom stereocenters. The van der Waals surface area contributed by atoms with Crippen molar-refractivity contribution in [2.45, 2.75) is 31.8 Å². The number of fused-ring (bicyclic) bond motifs is 4. The van der Waals surface area contributed by atoms with E-state index in [1.54, 1.807) is 49.4 Å². The molecule has 0 bridgehead atoms. The molecule has 0 spiro atoms. The van der Waals surface area contributed by atoms with Gasteiger partial charge < -0.3 is 9.84 Å². The van der Waals surface area contributed by atoms with E-state index in [0.29, 0.717) is 20.4 Å². The summed E-state index contributed by atoms with van der Waals surface area (Å²) in [6, 6.07) is 14.8. The van der Waals surface area contributed by atoms with Gasteiger partial charge in [-0.2, -0.15) is 0 Å². The van der Waals surface area contributed by atoms with Crippen molar-refractivity contribution in [3.05, 3.63) is 113 Å². The Balaban J connectivity index is 1.46. The van der Waals surface area contributed by atoms with Gasteiger partial charge in [-0.15, -0.1) is 0 Å². The molecule has 2 fully saturated rings. The minimum atomic E-state index is -1.36. The average Bonchev–Trinajstić information content (AvgIpc) is 3.39. The third kappa shape index (κ3) is 4.11. The summed E-state index contributed by atoms with van der Waals surface area (Å²) in [6.07, 6.45) is 1.90. The maximum Gasteiger partial charge on any atom is 0.352 e. The number of hydrogen-bond donors (Lipinski definition) is 1. The normalized spacial score (nSPS) is 23.8. The number of methoxy groups -OCH3 is 1. The van der Waals surface area contributed by atoms with E-state index in [0.717, 1.165) is 15.5 Å². The number of aromatic nitrogens is 3. The van der Waals surface area contributed by atoms with Crippen LogP contribution in [0.15, 0.2) is 81.9 Å². The van der Waals surface area contributed by atoms with Gasteiger partial charge in [0, 0.05) is 5.92 Å². The molecule has 0 radical (unpaired) electrons. The van der Waals surface area contributed by atoms with Crippen molar-refractivity contribution in [2.24, 2.45) is 11.3 Å². The Morgan fingerprint density at radius 3 is 2.44 bits per heavy atom. The zero-order valence-electron chi connectivity index (χ0n) is 23.9. The van der Waals surface area contributed by atoms with Gasteiger partial charge in [-0.1, -0.05) is 35.9 Å². The molecule has 10 nitrogen and oxygen atoms in total. The minimum absolute atomic E-state index is 0.0549. The maximum atomic E-state index is 14.5. The molecule has 1 saturated carbocycles. The van der Waals surface area contributed by atoms with Crippen LogP contribution < -0.4 is 21.0 Å². The zero-order chi connectivity index (χ0) is 31.9. The van der Waals surface area contributed by atoms with Crippen LogP contribution in [0.4, 0.5) is 10.1 Å². The predicted octanol–water partition coefficient (Wildman–Crippen LogP) is 4.78. The van der Waals surface area contributed by atoms with Crippen LogP contribution in [-0.4, -0.2) is 38.0 Å². The average molecular weight is 743 g/mol.